The van der Waals surface area contributed by atoms with E-state index in [1.165, 1.54) is 0 Å². The zero-order valence-corrected chi connectivity index (χ0v) is 16.2. The minimum absolute atomic E-state index is 0.0283. The van der Waals surface area contributed by atoms with Crippen molar-refractivity contribution in [3.63, 3.8) is 0 Å². The third-order valence-corrected chi connectivity index (χ3v) is 5.34. The van der Waals surface area contributed by atoms with Crippen LogP contribution in [0.4, 0.5) is 11.5 Å². The van der Waals surface area contributed by atoms with E-state index in [-0.39, 0.29) is 11.9 Å². The second-order valence-corrected chi connectivity index (χ2v) is 7.08. The summed E-state index contributed by atoms with van der Waals surface area (Å²) in [5, 5.41) is 13.1. The van der Waals surface area contributed by atoms with Crippen LogP contribution in [0.5, 0.6) is 0 Å². The summed E-state index contributed by atoms with van der Waals surface area (Å²) in [5.74, 6) is 0.781. The average Bonchev–Trinajstić information content (AvgIpc) is 2.79. The van der Waals surface area contributed by atoms with Gasteiger partial charge in [0.25, 0.3) is 0 Å². The molecule has 4 rings (SSSR count). The van der Waals surface area contributed by atoms with Crippen LogP contribution in [0.2, 0.25) is 0 Å². The second kappa shape index (κ2) is 8.25. The summed E-state index contributed by atoms with van der Waals surface area (Å²) in [7, 11) is 0. The number of nitriles is 1. The SMILES string of the molecule is C[C@H](C(=O)Nc1cccc2ncccc12)N1CCN(c2cc(C#N)ccn2)CC1. The van der Waals surface area contributed by atoms with Crippen LogP contribution in [-0.4, -0.2) is 53.0 Å². The number of piperazine rings is 1. The lowest BCUT2D eigenvalue weighted by Gasteiger charge is -2.38. The maximum absolute atomic E-state index is 12.9. The lowest BCUT2D eigenvalue weighted by Crippen LogP contribution is -2.53. The van der Waals surface area contributed by atoms with E-state index in [0.29, 0.717) is 5.56 Å². The van der Waals surface area contributed by atoms with Crippen molar-refractivity contribution in [3.8, 4) is 6.07 Å². The molecule has 1 fully saturated rings. The number of pyridine rings is 2. The number of hydrogen-bond donors (Lipinski definition) is 1. The summed E-state index contributed by atoms with van der Waals surface area (Å²) in [6, 6.07) is 15.0. The fraction of sp³-hybridized carbons (Fsp3) is 0.273. The van der Waals surface area contributed by atoms with Crippen LogP contribution in [0.3, 0.4) is 0 Å². The number of benzene rings is 1. The second-order valence-electron chi connectivity index (χ2n) is 7.08. The van der Waals surface area contributed by atoms with Gasteiger partial charge in [-0.2, -0.15) is 5.26 Å². The molecule has 0 spiro atoms. The molecule has 2 aromatic heterocycles. The van der Waals surface area contributed by atoms with Gasteiger partial charge >= 0.3 is 0 Å². The van der Waals surface area contributed by atoms with E-state index in [0.717, 1.165) is 48.6 Å². The van der Waals surface area contributed by atoms with Crippen molar-refractivity contribution in [2.45, 2.75) is 13.0 Å². The Balaban J connectivity index is 1.39. The van der Waals surface area contributed by atoms with Gasteiger partial charge in [-0.1, -0.05) is 6.07 Å². The molecule has 7 nitrogen and oxygen atoms in total. The molecule has 29 heavy (non-hydrogen) atoms. The van der Waals surface area contributed by atoms with Crippen LogP contribution in [-0.2, 0) is 4.79 Å². The molecule has 3 aromatic rings. The van der Waals surface area contributed by atoms with Gasteiger partial charge in [0.05, 0.1) is 28.9 Å². The Labute approximate surface area is 169 Å². The van der Waals surface area contributed by atoms with Gasteiger partial charge in [-0.05, 0) is 43.3 Å². The van der Waals surface area contributed by atoms with E-state index >= 15 is 0 Å². The number of amides is 1. The molecule has 1 aliphatic heterocycles. The van der Waals surface area contributed by atoms with Crippen molar-refractivity contribution < 1.29 is 4.79 Å². The standard InChI is InChI=1S/C22H22N6O/c1-16(22(29)26-20-6-2-5-19-18(20)4-3-8-24-19)27-10-12-28(13-11-27)21-14-17(15-23)7-9-25-21/h2-9,14,16H,10-13H2,1H3,(H,26,29)/t16-/m1/s1. The molecular formula is C22H22N6O. The van der Waals surface area contributed by atoms with Crippen molar-refractivity contribution in [1.82, 2.24) is 14.9 Å². The molecule has 3 heterocycles. The first-order valence-electron chi connectivity index (χ1n) is 9.65. The topological polar surface area (TPSA) is 85.2 Å². The Kier molecular flexibility index (Phi) is 5.36. The Bertz CT molecular complexity index is 1060. The van der Waals surface area contributed by atoms with Gasteiger partial charge in [-0.15, -0.1) is 0 Å². The number of rotatable bonds is 4. The van der Waals surface area contributed by atoms with E-state index < -0.39 is 0 Å². The molecule has 1 aliphatic rings. The van der Waals surface area contributed by atoms with Crippen LogP contribution < -0.4 is 10.2 Å². The maximum Gasteiger partial charge on any atom is 0.241 e. The Morgan fingerprint density at radius 3 is 2.72 bits per heavy atom. The van der Waals surface area contributed by atoms with Gasteiger partial charge in [-0.25, -0.2) is 4.98 Å². The third kappa shape index (κ3) is 4.03. The number of fused-ring (bicyclic) bond motifs is 1. The highest BCUT2D eigenvalue weighted by Crippen LogP contribution is 2.22. The molecule has 7 heteroatoms. The molecule has 0 bridgehead atoms. The number of nitrogens with zero attached hydrogens (tertiary/aromatic N) is 5. The van der Waals surface area contributed by atoms with Gasteiger partial charge in [0, 0.05) is 44.0 Å². The first kappa shape index (κ1) is 18.8. The van der Waals surface area contributed by atoms with Gasteiger partial charge < -0.3 is 10.2 Å². The van der Waals surface area contributed by atoms with Gasteiger partial charge in [0.2, 0.25) is 5.91 Å². The number of aromatic nitrogens is 2. The predicted octanol–water partition coefficient (Wildman–Crippen LogP) is 2.65. The minimum atomic E-state index is -0.248. The zero-order valence-electron chi connectivity index (χ0n) is 16.2. The van der Waals surface area contributed by atoms with Crippen LogP contribution in [0.25, 0.3) is 10.9 Å². The maximum atomic E-state index is 12.9. The first-order chi connectivity index (χ1) is 14.2. The third-order valence-electron chi connectivity index (χ3n) is 5.34. The molecule has 0 radical (unpaired) electrons. The van der Waals surface area contributed by atoms with E-state index in [9.17, 15) is 4.79 Å². The van der Waals surface area contributed by atoms with Crippen LogP contribution in [0, 0.1) is 11.3 Å². The van der Waals surface area contributed by atoms with Gasteiger partial charge in [0.15, 0.2) is 0 Å². The highest BCUT2D eigenvalue weighted by Gasteiger charge is 2.26. The predicted molar refractivity (Wildman–Crippen MR) is 113 cm³/mol. The molecule has 1 amide bonds. The summed E-state index contributed by atoms with van der Waals surface area (Å²) >= 11 is 0. The summed E-state index contributed by atoms with van der Waals surface area (Å²) < 4.78 is 0. The lowest BCUT2D eigenvalue weighted by atomic mass is 10.1. The monoisotopic (exact) mass is 386 g/mol. The fourth-order valence-corrected chi connectivity index (χ4v) is 3.61. The number of anilines is 2. The Morgan fingerprint density at radius 2 is 1.93 bits per heavy atom. The van der Waals surface area contributed by atoms with Gasteiger partial charge in [-0.3, -0.25) is 14.7 Å². The molecule has 146 valence electrons. The van der Waals surface area contributed by atoms with Crippen molar-refractivity contribution in [2.24, 2.45) is 0 Å². The largest absolute Gasteiger partial charge is 0.354 e. The minimum Gasteiger partial charge on any atom is -0.354 e. The normalized spacial score (nSPS) is 15.7. The highest BCUT2D eigenvalue weighted by molar-refractivity contribution is 6.02. The smallest absolute Gasteiger partial charge is 0.241 e. The first-order valence-corrected chi connectivity index (χ1v) is 9.65. The fourth-order valence-electron chi connectivity index (χ4n) is 3.61. The summed E-state index contributed by atoms with van der Waals surface area (Å²) in [4.78, 5) is 25.9. The molecule has 1 saturated heterocycles. The summed E-state index contributed by atoms with van der Waals surface area (Å²) in [6.07, 6.45) is 3.41. The molecule has 0 saturated carbocycles. The Hall–Kier alpha value is -3.50. The molecule has 1 atom stereocenters. The number of carbonyl (C=O) groups excluding carboxylic acids is 1. The van der Waals surface area contributed by atoms with Crippen LogP contribution >= 0.6 is 0 Å². The average molecular weight is 386 g/mol. The van der Waals surface area contributed by atoms with E-state index in [1.54, 1.807) is 24.5 Å². The van der Waals surface area contributed by atoms with Crippen molar-refractivity contribution in [3.05, 3.63) is 60.4 Å². The molecule has 0 aliphatic carbocycles. The lowest BCUT2D eigenvalue weighted by molar-refractivity contribution is -0.120. The molecule has 1 aromatic carbocycles. The molecule has 0 unspecified atom stereocenters. The number of carbonyl (C=O) groups is 1. The number of nitrogens with one attached hydrogen (secondary N) is 1. The molecular weight excluding hydrogens is 364 g/mol. The quantitative estimate of drug-likeness (QED) is 0.742. The Morgan fingerprint density at radius 1 is 1.10 bits per heavy atom. The van der Waals surface area contributed by atoms with Crippen molar-refractivity contribution in [2.75, 3.05) is 36.4 Å². The molecule has 1 N–H and O–H groups in total. The summed E-state index contributed by atoms with van der Waals surface area (Å²) in [5.41, 5.74) is 2.25. The van der Waals surface area contributed by atoms with Crippen LogP contribution in [0.15, 0.2) is 54.9 Å². The zero-order chi connectivity index (χ0) is 20.2. The van der Waals surface area contributed by atoms with Gasteiger partial charge in [0.1, 0.15) is 5.82 Å². The van der Waals surface area contributed by atoms with Crippen molar-refractivity contribution in [1.29, 1.82) is 5.26 Å². The number of hydrogen-bond acceptors (Lipinski definition) is 6. The van der Waals surface area contributed by atoms with E-state index in [2.05, 4.69) is 31.2 Å². The van der Waals surface area contributed by atoms with Crippen LogP contribution in [0.1, 0.15) is 12.5 Å². The van der Waals surface area contributed by atoms with E-state index in [1.807, 2.05) is 37.3 Å². The van der Waals surface area contributed by atoms with E-state index in [4.69, 9.17) is 5.26 Å². The van der Waals surface area contributed by atoms with Crippen molar-refractivity contribution >= 4 is 28.3 Å². The summed E-state index contributed by atoms with van der Waals surface area (Å²) in [6.45, 7) is 4.96. The highest BCUT2D eigenvalue weighted by atomic mass is 16.2.